The Morgan fingerprint density at radius 1 is 1.16 bits per heavy atom. The molecule has 2 aromatic carbocycles. The van der Waals surface area contributed by atoms with Gasteiger partial charge in [0.05, 0.1) is 16.2 Å². The number of thioether (sulfide) groups is 1. The number of nitro groups is 1. The molecule has 196 valence electrons. The molecule has 1 aromatic heterocycles. The van der Waals surface area contributed by atoms with Crippen LogP contribution < -0.4 is 21.9 Å². The third-order valence-electron chi connectivity index (χ3n) is 4.86. The van der Waals surface area contributed by atoms with Crippen LogP contribution in [0, 0.1) is 10.1 Å². The van der Waals surface area contributed by atoms with Crippen LogP contribution in [-0.2, 0) is 11.0 Å². The molecule has 0 aliphatic heterocycles. The molecule has 10 nitrogen and oxygen atoms in total. The number of halogens is 4. The van der Waals surface area contributed by atoms with Crippen molar-refractivity contribution in [3.8, 4) is 5.69 Å². The number of carbonyl (C=O) groups is 1. The summed E-state index contributed by atoms with van der Waals surface area (Å²) in [5, 5.41) is 17.2. The van der Waals surface area contributed by atoms with Gasteiger partial charge in [0.1, 0.15) is 11.5 Å². The van der Waals surface area contributed by atoms with Crippen LogP contribution in [0.25, 0.3) is 5.69 Å². The fourth-order valence-corrected chi connectivity index (χ4v) is 4.14. The summed E-state index contributed by atoms with van der Waals surface area (Å²) in [5.41, 5.74) is 4.15. The maximum absolute atomic E-state index is 12.8. The number of hydrogen-bond donors (Lipinski definition) is 3. The van der Waals surface area contributed by atoms with Crippen molar-refractivity contribution in [3.63, 3.8) is 0 Å². The summed E-state index contributed by atoms with van der Waals surface area (Å²) in [7, 11) is 0. The Morgan fingerprint density at radius 3 is 2.51 bits per heavy atom. The predicted octanol–water partition coefficient (Wildman–Crippen LogP) is 4.11. The van der Waals surface area contributed by atoms with Crippen LogP contribution in [0.4, 0.5) is 30.4 Å². The molecule has 1 heterocycles. The molecule has 0 bridgehead atoms. The third kappa shape index (κ3) is 7.60. The summed E-state index contributed by atoms with van der Waals surface area (Å²) in [6.45, 7) is 0.349. The topological polar surface area (TPSA) is 145 Å². The average Bonchev–Trinajstić information content (AvgIpc) is 2.82. The number of aromatic nitrogens is 2. The van der Waals surface area contributed by atoms with Gasteiger partial charge in [-0.2, -0.15) is 18.2 Å². The van der Waals surface area contributed by atoms with E-state index in [0.717, 1.165) is 30.0 Å². The molecule has 0 saturated heterocycles. The number of carbonyl (C=O) groups excluding carboxylic acids is 1. The fourth-order valence-electron chi connectivity index (χ4n) is 3.15. The number of nitrogens with two attached hydrogens (primary N) is 1. The smallest absolute Gasteiger partial charge is 0.385 e. The van der Waals surface area contributed by atoms with Gasteiger partial charge in [-0.05, 0) is 42.8 Å². The van der Waals surface area contributed by atoms with Gasteiger partial charge in [0.2, 0.25) is 5.91 Å². The summed E-state index contributed by atoms with van der Waals surface area (Å²) in [6, 6.07) is 10.0. The van der Waals surface area contributed by atoms with E-state index in [9.17, 15) is 32.9 Å². The number of nitro benzene ring substituents is 1. The second kappa shape index (κ2) is 12.0. The molecule has 37 heavy (non-hydrogen) atoms. The Balaban J connectivity index is 1.53. The van der Waals surface area contributed by atoms with E-state index in [4.69, 9.17) is 17.3 Å². The first-order valence-electron chi connectivity index (χ1n) is 10.6. The van der Waals surface area contributed by atoms with Crippen LogP contribution in [0.2, 0.25) is 5.02 Å². The van der Waals surface area contributed by atoms with Crippen molar-refractivity contribution in [3.05, 3.63) is 79.6 Å². The highest BCUT2D eigenvalue weighted by molar-refractivity contribution is 7.99. The van der Waals surface area contributed by atoms with Gasteiger partial charge >= 0.3 is 6.18 Å². The minimum absolute atomic E-state index is 0.0622. The van der Waals surface area contributed by atoms with Crippen LogP contribution in [0.5, 0.6) is 0 Å². The van der Waals surface area contributed by atoms with Crippen LogP contribution in [0.1, 0.15) is 12.0 Å². The zero-order valence-corrected chi connectivity index (χ0v) is 20.5. The molecule has 0 fully saturated rings. The predicted molar refractivity (Wildman–Crippen MR) is 134 cm³/mol. The Bertz CT molecular complexity index is 1350. The number of benzene rings is 2. The van der Waals surface area contributed by atoms with Gasteiger partial charge in [0.25, 0.3) is 11.2 Å². The number of amides is 1. The molecule has 1 amide bonds. The summed E-state index contributed by atoms with van der Waals surface area (Å²) in [5.74, 6) is -0.320. The zero-order valence-electron chi connectivity index (χ0n) is 18.9. The highest BCUT2D eigenvalue weighted by Gasteiger charge is 2.33. The van der Waals surface area contributed by atoms with E-state index in [1.165, 1.54) is 4.57 Å². The van der Waals surface area contributed by atoms with Crippen molar-refractivity contribution in [2.45, 2.75) is 17.8 Å². The first kappa shape index (κ1) is 27.8. The molecule has 0 atom stereocenters. The first-order chi connectivity index (χ1) is 17.5. The number of nitrogen functional groups attached to an aromatic ring is 1. The number of nitrogens with one attached hydrogen (secondary N) is 2. The lowest BCUT2D eigenvalue weighted by molar-refractivity contribution is -0.384. The number of nitrogens with zero attached hydrogens (tertiary/aromatic N) is 3. The van der Waals surface area contributed by atoms with E-state index in [1.807, 2.05) is 0 Å². The van der Waals surface area contributed by atoms with Crippen molar-refractivity contribution in [1.29, 1.82) is 0 Å². The monoisotopic (exact) mass is 556 g/mol. The van der Waals surface area contributed by atoms with Crippen molar-refractivity contribution in [2.24, 2.45) is 0 Å². The minimum Gasteiger partial charge on any atom is -0.385 e. The molecule has 0 aliphatic carbocycles. The van der Waals surface area contributed by atoms with Gasteiger partial charge in [-0.3, -0.25) is 24.3 Å². The molecule has 0 aliphatic rings. The molecule has 0 spiro atoms. The molecule has 15 heteroatoms. The number of anilines is 2. The standard InChI is InChI=1S/C22H20ClF3N6O4S/c23-14-3-5-15(6-4-14)31-18(27)11-19(33)30-21(31)37-12-20(34)29-9-1-8-28-16-7-2-13(22(24,25)26)10-17(16)32(35)36/h2-7,10-11,28H,1,8-9,12,27H2,(H,29,34). The van der Waals surface area contributed by atoms with Crippen molar-refractivity contribution >= 4 is 46.5 Å². The van der Waals surface area contributed by atoms with E-state index in [0.29, 0.717) is 23.2 Å². The maximum atomic E-state index is 12.8. The van der Waals surface area contributed by atoms with Crippen LogP contribution >= 0.6 is 23.4 Å². The van der Waals surface area contributed by atoms with Gasteiger partial charge in [0.15, 0.2) is 5.16 Å². The lowest BCUT2D eigenvalue weighted by atomic mass is 10.1. The van der Waals surface area contributed by atoms with Gasteiger partial charge in [0, 0.05) is 35.9 Å². The second-order valence-corrected chi connectivity index (χ2v) is 8.90. The molecule has 3 rings (SSSR count). The van der Waals surface area contributed by atoms with Crippen molar-refractivity contribution in [1.82, 2.24) is 14.9 Å². The first-order valence-corrected chi connectivity index (χ1v) is 12.0. The number of alkyl halides is 3. The van der Waals surface area contributed by atoms with E-state index in [-0.39, 0.29) is 41.4 Å². The minimum atomic E-state index is -4.70. The third-order valence-corrected chi connectivity index (χ3v) is 6.05. The van der Waals surface area contributed by atoms with Crippen molar-refractivity contribution < 1.29 is 22.9 Å². The Morgan fingerprint density at radius 2 is 1.86 bits per heavy atom. The summed E-state index contributed by atoms with van der Waals surface area (Å²) < 4.78 is 39.9. The van der Waals surface area contributed by atoms with E-state index in [2.05, 4.69) is 15.6 Å². The molecule has 0 saturated carbocycles. The summed E-state index contributed by atoms with van der Waals surface area (Å²) in [4.78, 5) is 38.3. The maximum Gasteiger partial charge on any atom is 0.416 e. The average molecular weight is 557 g/mol. The Hall–Kier alpha value is -3.78. The zero-order chi connectivity index (χ0) is 27.2. The van der Waals surface area contributed by atoms with Gasteiger partial charge < -0.3 is 16.4 Å². The van der Waals surface area contributed by atoms with E-state index < -0.39 is 27.9 Å². The quantitative estimate of drug-likeness (QED) is 0.111. The molecule has 0 unspecified atom stereocenters. The normalized spacial score (nSPS) is 11.2. The highest BCUT2D eigenvalue weighted by Crippen LogP contribution is 2.35. The van der Waals surface area contributed by atoms with E-state index >= 15 is 0 Å². The Labute approximate surface area is 217 Å². The largest absolute Gasteiger partial charge is 0.416 e. The fraction of sp³-hybridized carbons (Fsp3) is 0.227. The molecular formula is C22H20ClF3N6O4S. The van der Waals surface area contributed by atoms with Crippen LogP contribution in [0.15, 0.2) is 58.5 Å². The lowest BCUT2D eigenvalue weighted by Gasteiger charge is -2.15. The van der Waals surface area contributed by atoms with E-state index in [1.54, 1.807) is 24.3 Å². The molecule has 0 radical (unpaired) electrons. The summed E-state index contributed by atoms with van der Waals surface area (Å²) >= 11 is 6.91. The van der Waals surface area contributed by atoms with Gasteiger partial charge in [-0.25, -0.2) is 0 Å². The summed E-state index contributed by atoms with van der Waals surface area (Å²) in [6.07, 6.45) is -4.36. The van der Waals surface area contributed by atoms with Gasteiger partial charge in [-0.15, -0.1) is 0 Å². The molecular weight excluding hydrogens is 537 g/mol. The molecule has 4 N–H and O–H groups in total. The Kier molecular flexibility index (Phi) is 8.99. The number of hydrogen-bond acceptors (Lipinski definition) is 8. The van der Waals surface area contributed by atoms with Crippen molar-refractivity contribution in [2.75, 3.05) is 29.9 Å². The van der Waals surface area contributed by atoms with Gasteiger partial charge in [-0.1, -0.05) is 23.4 Å². The highest BCUT2D eigenvalue weighted by atomic mass is 35.5. The van der Waals surface area contributed by atoms with Crippen LogP contribution in [0.3, 0.4) is 0 Å². The number of rotatable bonds is 10. The van der Waals surface area contributed by atoms with Crippen LogP contribution in [-0.4, -0.2) is 39.2 Å². The molecule has 3 aromatic rings. The second-order valence-electron chi connectivity index (χ2n) is 7.52. The lowest BCUT2D eigenvalue weighted by Crippen LogP contribution is -2.28. The SMILES string of the molecule is Nc1cc(=O)nc(SCC(=O)NCCCNc2ccc(C(F)(F)F)cc2[N+](=O)[O-])n1-c1ccc(Cl)cc1.